The molecule has 84 heavy (non-hydrogen) atoms. The molecule has 6 fully saturated rings. The summed E-state index contributed by atoms with van der Waals surface area (Å²) in [5.74, 6) is 0.376. The topological polar surface area (TPSA) is 213 Å². The zero-order valence-electron chi connectivity index (χ0n) is 52.1. The molecule has 11 atom stereocenters. The van der Waals surface area contributed by atoms with Crippen LogP contribution in [-0.4, -0.2) is 227 Å². The molecule has 0 radical (unpaired) electrons. The van der Waals surface area contributed by atoms with Crippen molar-refractivity contribution in [1.29, 1.82) is 0 Å². The molecule has 2 saturated heterocycles. The van der Waals surface area contributed by atoms with E-state index < -0.39 is 0 Å². The second kappa shape index (κ2) is 37.1. The van der Waals surface area contributed by atoms with Crippen molar-refractivity contribution in [2.45, 2.75) is 124 Å². The smallest absolute Gasteiger partial charge is 0.305 e. The maximum Gasteiger partial charge on any atom is 0.305 e. The van der Waals surface area contributed by atoms with Crippen molar-refractivity contribution in [3.63, 3.8) is 0 Å². The van der Waals surface area contributed by atoms with Gasteiger partial charge < -0.3 is 66.1 Å². The predicted octanol–water partition coefficient (Wildman–Crippen LogP) is 6.68. The number of hydrogen-bond donors (Lipinski definition) is 0. The van der Waals surface area contributed by atoms with Crippen LogP contribution < -0.4 is 0 Å². The summed E-state index contributed by atoms with van der Waals surface area (Å²) in [5.41, 5.74) is 1.82. The van der Waals surface area contributed by atoms with Crippen LogP contribution in [0.2, 0.25) is 0 Å². The highest BCUT2D eigenvalue weighted by molar-refractivity contribution is 5.75. The molecule has 21 nitrogen and oxygen atoms in total. The number of carbonyl (C=O) groups is 4. The van der Waals surface area contributed by atoms with Gasteiger partial charge in [0.15, 0.2) is 0 Å². The second-order valence-electron chi connectivity index (χ2n) is 23.9. The summed E-state index contributed by atoms with van der Waals surface area (Å²) in [6, 6.07) is 8.09. The third-order valence-electron chi connectivity index (χ3n) is 18.6. The van der Waals surface area contributed by atoms with Gasteiger partial charge in [-0.05, 0) is 98.5 Å². The molecule has 6 aliphatic rings. The number of aromatic nitrogens is 2. The summed E-state index contributed by atoms with van der Waals surface area (Å²) in [5, 5.41) is 0. The van der Waals surface area contributed by atoms with E-state index in [1.807, 2.05) is 24.5 Å². The number of benzene rings is 1. The lowest BCUT2D eigenvalue weighted by molar-refractivity contribution is -0.224. The molecule has 0 spiro atoms. The largest absolute Gasteiger partial charge is 0.464 e. The molecule has 1 aromatic carbocycles. The highest BCUT2D eigenvalue weighted by Gasteiger charge is 2.67. The quantitative estimate of drug-likeness (QED) is 0.0437. The predicted molar refractivity (Wildman–Crippen MR) is 314 cm³/mol. The minimum absolute atomic E-state index is 0.0353. The minimum atomic E-state index is -0.303. The van der Waals surface area contributed by atoms with Gasteiger partial charge in [0.2, 0.25) is 0 Å². The number of morpholine rings is 2. The second-order valence-corrected chi connectivity index (χ2v) is 23.9. The van der Waals surface area contributed by atoms with Crippen LogP contribution in [0.5, 0.6) is 0 Å². The first-order chi connectivity index (χ1) is 40.7. The van der Waals surface area contributed by atoms with Gasteiger partial charge in [-0.1, -0.05) is 32.9 Å². The van der Waals surface area contributed by atoms with E-state index in [-0.39, 0.29) is 88.5 Å². The van der Waals surface area contributed by atoms with E-state index in [0.717, 1.165) is 141 Å². The maximum atomic E-state index is 12.8. The van der Waals surface area contributed by atoms with Crippen LogP contribution in [0.3, 0.4) is 0 Å². The van der Waals surface area contributed by atoms with Crippen LogP contribution in [0, 0.1) is 46.3 Å². The molecule has 0 bridgehead atoms. The van der Waals surface area contributed by atoms with Gasteiger partial charge >= 0.3 is 23.9 Å². The van der Waals surface area contributed by atoms with Crippen molar-refractivity contribution in [3.8, 4) is 0 Å². The Morgan fingerprint density at radius 3 is 1.76 bits per heavy atom. The van der Waals surface area contributed by atoms with Gasteiger partial charge in [-0.3, -0.25) is 29.0 Å². The number of methoxy groups -OCH3 is 2. The van der Waals surface area contributed by atoms with Crippen LogP contribution in [0.15, 0.2) is 30.6 Å². The Hall–Kier alpha value is -3.87. The fourth-order valence-electron chi connectivity index (χ4n) is 14.4. The van der Waals surface area contributed by atoms with Crippen LogP contribution in [0.1, 0.15) is 99.3 Å². The molecule has 4 aliphatic carbocycles. The first-order valence-corrected chi connectivity index (χ1v) is 31.2. The van der Waals surface area contributed by atoms with Gasteiger partial charge in [-0.25, -0.2) is 4.98 Å². The van der Waals surface area contributed by atoms with Crippen LogP contribution >= 0.6 is 0 Å². The average Bonchev–Trinajstić information content (AvgIpc) is 1.35. The lowest BCUT2D eigenvalue weighted by Gasteiger charge is -2.64. The summed E-state index contributed by atoms with van der Waals surface area (Å²) in [7, 11) is 3.32. The van der Waals surface area contributed by atoms with E-state index >= 15 is 0 Å². The molecule has 1 unspecified atom stereocenters. The van der Waals surface area contributed by atoms with Crippen LogP contribution in [-0.2, 0) is 87.3 Å². The highest BCUT2D eigenvalue weighted by atomic mass is 16.6. The van der Waals surface area contributed by atoms with Crippen molar-refractivity contribution in [2.24, 2.45) is 46.3 Å². The van der Waals surface area contributed by atoms with E-state index in [1.54, 1.807) is 14.2 Å². The lowest BCUT2D eigenvalue weighted by Crippen LogP contribution is -2.63. The molecule has 2 aliphatic heterocycles. The molecule has 1 aromatic heterocycles. The Bertz CT molecular complexity index is 2210. The fraction of sp³-hybridized carbons (Fsp3) is 0.825. The summed E-state index contributed by atoms with van der Waals surface area (Å²) < 4.78 is 73.2. The van der Waals surface area contributed by atoms with Crippen LogP contribution in [0.25, 0.3) is 11.0 Å². The Kier molecular flexibility index (Phi) is 30.6. The average molecular weight is 1190 g/mol. The zero-order valence-corrected chi connectivity index (χ0v) is 52.1. The maximum absolute atomic E-state index is 12.8. The number of ether oxygens (including phenoxy) is 13. The number of rotatable bonds is 31. The number of imidazole rings is 1. The zero-order chi connectivity index (χ0) is 60.2. The summed E-state index contributed by atoms with van der Waals surface area (Å²) in [6.07, 6.45) is 8.28. The van der Waals surface area contributed by atoms with Gasteiger partial charge in [0.1, 0.15) is 24.9 Å². The van der Waals surface area contributed by atoms with E-state index in [2.05, 4.69) is 46.2 Å². The lowest BCUT2D eigenvalue weighted by atomic mass is 9.43. The van der Waals surface area contributed by atoms with Gasteiger partial charge in [0, 0.05) is 98.6 Å². The Labute approximate surface area is 500 Å². The summed E-state index contributed by atoms with van der Waals surface area (Å²) >= 11 is 0. The van der Waals surface area contributed by atoms with E-state index in [1.165, 1.54) is 20.8 Å². The van der Waals surface area contributed by atoms with E-state index in [9.17, 15) is 19.2 Å². The van der Waals surface area contributed by atoms with Gasteiger partial charge in [-0.15, -0.1) is 0 Å². The first kappa shape index (κ1) is 69.2. The minimum Gasteiger partial charge on any atom is -0.464 e. The first-order valence-electron chi connectivity index (χ1n) is 31.2. The SMILES string of the molecule is CC(=O)O[C@@H]1CC[C@@]2(C)[C@@H](C1)C[C@@H](OC(C)=O)[C@@H]1[C@@H]2C[C@H](OC(C)=O)[C@]2(C)[C@@H](C(C)CCC(=O)OCCN3CCOCC3)CC[C@@H]12.COCCOCCOCCOCCN1CCOCC1.COCCOCCOCCn1cnc2ccccc21. The molecule has 21 heteroatoms. The number of hydrogen-bond acceptors (Lipinski definition) is 20. The summed E-state index contributed by atoms with van der Waals surface area (Å²) in [6.45, 7) is 28.8. The molecule has 8 rings (SSSR count). The van der Waals surface area contributed by atoms with Crippen LogP contribution in [0.4, 0.5) is 0 Å². The Morgan fingerprint density at radius 2 is 1.18 bits per heavy atom. The Morgan fingerprint density at radius 1 is 0.631 bits per heavy atom. The summed E-state index contributed by atoms with van der Waals surface area (Å²) in [4.78, 5) is 58.6. The number of esters is 4. The highest BCUT2D eigenvalue weighted by Crippen LogP contribution is 2.69. The molecule has 0 amide bonds. The Balaban J connectivity index is 0.000000244. The van der Waals surface area contributed by atoms with Gasteiger partial charge in [-0.2, -0.15) is 0 Å². The van der Waals surface area contributed by atoms with E-state index in [4.69, 9.17) is 61.6 Å². The van der Waals surface area contributed by atoms with Crippen molar-refractivity contribution in [1.82, 2.24) is 19.4 Å². The van der Waals surface area contributed by atoms with Crippen molar-refractivity contribution in [3.05, 3.63) is 30.6 Å². The fourth-order valence-corrected chi connectivity index (χ4v) is 14.4. The van der Waals surface area contributed by atoms with Gasteiger partial charge in [0.25, 0.3) is 0 Å². The standard InChI is InChI=1S/C36H57NO9.C14H20N2O3.C13H27NO5/c1-22(7-10-33(41)43-18-15-37-13-16-42-17-14-37)28-8-9-29-34-30(21-32(36(28,29)6)46-25(4)40)35(5)12-11-27(44-23(2)38)19-26(35)20-31(34)45-24(3)39;1-17-8-9-19-11-10-18-7-6-16-12-15-13-4-2-3-5-14(13)16;1-15-8-9-18-12-13-19-11-10-17-7-4-14-2-5-16-6-3-14/h22,26-32,34H,7-21H2,1-6H3;2-5,12H,6-11H2,1H3;2-13H2,1H3/t22?,26-,27+,28+,29-,30-,31+,32-,34-,35-,36+;;/m0../s1. The number of fused-ring (bicyclic) bond motifs is 6. The molecule has 2 aromatic rings. The monoisotopic (exact) mass is 1190 g/mol. The van der Waals surface area contributed by atoms with E-state index in [0.29, 0.717) is 85.7 Å². The van der Waals surface area contributed by atoms with Crippen molar-refractivity contribution in [2.75, 3.05) is 166 Å². The number of nitrogens with zero attached hydrogens (tertiary/aromatic N) is 4. The molecular weight excluding hydrogens is 1080 g/mol. The molecule has 478 valence electrons. The van der Waals surface area contributed by atoms with Crippen molar-refractivity contribution < 1.29 is 80.8 Å². The molecule has 0 N–H and O–H groups in total. The molecular formula is C63H104N4O17. The molecule has 4 saturated carbocycles. The van der Waals surface area contributed by atoms with Crippen molar-refractivity contribution >= 4 is 34.9 Å². The number of para-hydroxylation sites is 2. The normalized spacial score (nSPS) is 28.0. The molecule has 3 heterocycles. The van der Waals surface area contributed by atoms with Gasteiger partial charge in [0.05, 0.1) is 123 Å². The third kappa shape index (κ3) is 21.5. The number of carbonyl (C=O) groups excluding carboxylic acids is 4. The third-order valence-corrected chi connectivity index (χ3v) is 18.6.